The molecule has 0 saturated heterocycles. The molecule has 6 nitrogen and oxygen atoms in total. The molecule has 0 unspecified atom stereocenters. The van der Waals surface area contributed by atoms with Crippen molar-refractivity contribution in [2.75, 3.05) is 0 Å². The van der Waals surface area contributed by atoms with E-state index in [1.807, 2.05) is 0 Å². The number of pyridine rings is 2. The van der Waals surface area contributed by atoms with Crippen molar-refractivity contribution in [3.63, 3.8) is 0 Å². The van der Waals surface area contributed by atoms with Crippen molar-refractivity contribution in [1.29, 1.82) is 0 Å². The van der Waals surface area contributed by atoms with Crippen molar-refractivity contribution in [1.82, 2.24) is 14.9 Å². The molecule has 3 rings (SSSR count). The minimum atomic E-state index is -0.624. The van der Waals surface area contributed by atoms with Gasteiger partial charge in [-0.2, -0.15) is 0 Å². The number of aromatic nitrogens is 2. The van der Waals surface area contributed by atoms with Gasteiger partial charge in [0.25, 0.3) is 5.91 Å². The number of rotatable bonds is 3. The van der Waals surface area contributed by atoms with E-state index in [0.29, 0.717) is 11.3 Å². The Morgan fingerprint density at radius 2 is 2.17 bits per heavy atom. The molecule has 7 heteroatoms. The molecular weight excluding hydrogens is 311 g/mol. The highest BCUT2D eigenvalue weighted by molar-refractivity contribution is 6.02. The number of aryl methyl sites for hydroxylation is 1. The summed E-state index contributed by atoms with van der Waals surface area (Å²) in [6, 6.07) is 9.05. The average molecular weight is 324 g/mol. The second-order valence-electron chi connectivity index (χ2n) is 5.06. The van der Waals surface area contributed by atoms with Crippen LogP contribution >= 0.6 is 0 Å². The Balaban J connectivity index is 1.91. The Bertz CT molecular complexity index is 997. The third-order valence-electron chi connectivity index (χ3n) is 3.44. The average Bonchev–Trinajstić information content (AvgIpc) is 2.58. The lowest BCUT2D eigenvalue weighted by Crippen LogP contribution is -2.28. The van der Waals surface area contributed by atoms with Crippen molar-refractivity contribution in [3.05, 3.63) is 70.4 Å². The van der Waals surface area contributed by atoms with Gasteiger partial charge in [0, 0.05) is 24.8 Å². The summed E-state index contributed by atoms with van der Waals surface area (Å²) in [6.07, 6.45) is 4.15. The molecule has 1 amide bonds. The molecule has 1 aromatic carbocycles. The first-order chi connectivity index (χ1) is 11.6. The van der Waals surface area contributed by atoms with E-state index in [1.54, 1.807) is 36.0 Å². The van der Waals surface area contributed by atoms with Crippen LogP contribution in [-0.4, -0.2) is 21.8 Å². The maximum absolute atomic E-state index is 13.4. The fourth-order valence-electron chi connectivity index (χ4n) is 2.29. The van der Waals surface area contributed by atoms with Crippen molar-refractivity contribution in [2.24, 2.45) is 12.0 Å². The van der Waals surface area contributed by atoms with Gasteiger partial charge < -0.3 is 9.88 Å². The Hall–Kier alpha value is -3.35. The number of hydrogen-bond acceptors (Lipinski definition) is 4. The summed E-state index contributed by atoms with van der Waals surface area (Å²) in [7, 11) is 1.68. The van der Waals surface area contributed by atoms with Crippen LogP contribution in [0.25, 0.3) is 10.9 Å². The first-order valence-corrected chi connectivity index (χ1v) is 7.09. The number of hydrogen-bond donors (Lipinski definition) is 1. The van der Waals surface area contributed by atoms with Gasteiger partial charge in [-0.05, 0) is 30.3 Å². The molecule has 0 spiro atoms. The topological polar surface area (TPSA) is 76.3 Å². The summed E-state index contributed by atoms with van der Waals surface area (Å²) >= 11 is 0. The molecule has 2 aromatic heterocycles. The van der Waals surface area contributed by atoms with E-state index in [4.69, 9.17) is 0 Å². The smallest absolute Gasteiger partial charge is 0.261 e. The van der Waals surface area contributed by atoms with E-state index in [-0.39, 0.29) is 10.9 Å². The van der Waals surface area contributed by atoms with Gasteiger partial charge in [0.15, 0.2) is 5.82 Å². The molecular formula is C17H13FN4O2. The molecule has 120 valence electrons. The number of nitrogens with one attached hydrogen (secondary N) is 1. The molecule has 0 aliphatic heterocycles. The van der Waals surface area contributed by atoms with E-state index in [1.165, 1.54) is 24.7 Å². The maximum Gasteiger partial charge on any atom is 0.261 e. The first kappa shape index (κ1) is 15.5. The van der Waals surface area contributed by atoms with Crippen molar-refractivity contribution < 1.29 is 9.18 Å². The first-order valence-electron chi connectivity index (χ1n) is 7.09. The number of aliphatic imine (C=N–C) groups is 1. The number of amides is 1. The zero-order chi connectivity index (χ0) is 17.1. The normalized spacial score (nSPS) is 11.1. The summed E-state index contributed by atoms with van der Waals surface area (Å²) in [5.74, 6) is -0.735. The Morgan fingerprint density at radius 3 is 2.92 bits per heavy atom. The van der Waals surface area contributed by atoms with Gasteiger partial charge in [0.05, 0.1) is 11.9 Å². The van der Waals surface area contributed by atoms with Gasteiger partial charge in [0.2, 0.25) is 5.43 Å². The zero-order valence-electron chi connectivity index (χ0n) is 12.7. The maximum atomic E-state index is 13.4. The molecule has 24 heavy (non-hydrogen) atoms. The van der Waals surface area contributed by atoms with Crippen LogP contribution in [0.2, 0.25) is 0 Å². The van der Waals surface area contributed by atoms with Crippen LogP contribution in [-0.2, 0) is 7.05 Å². The van der Waals surface area contributed by atoms with Crippen molar-refractivity contribution >= 4 is 29.0 Å². The predicted octanol–water partition coefficient (Wildman–Crippen LogP) is 2.16. The van der Waals surface area contributed by atoms with Crippen LogP contribution in [0, 0.1) is 5.82 Å². The molecule has 0 aliphatic carbocycles. The summed E-state index contributed by atoms with van der Waals surface area (Å²) in [5.41, 5.74) is -0.0884. The fraction of sp³-hybridized carbons (Fsp3) is 0.0588. The van der Waals surface area contributed by atoms with Gasteiger partial charge in [-0.25, -0.2) is 14.4 Å². The van der Waals surface area contributed by atoms with E-state index in [0.717, 1.165) is 6.07 Å². The van der Waals surface area contributed by atoms with E-state index in [9.17, 15) is 14.0 Å². The monoisotopic (exact) mass is 324 g/mol. The van der Waals surface area contributed by atoms with Gasteiger partial charge in [-0.15, -0.1) is 0 Å². The molecule has 0 saturated carbocycles. The van der Waals surface area contributed by atoms with Crippen LogP contribution in [0.1, 0.15) is 10.4 Å². The van der Waals surface area contributed by atoms with Crippen LogP contribution in [0.3, 0.4) is 0 Å². The molecule has 2 heterocycles. The highest BCUT2D eigenvalue weighted by atomic mass is 19.1. The van der Waals surface area contributed by atoms with Gasteiger partial charge in [-0.1, -0.05) is 6.07 Å². The minimum absolute atomic E-state index is 0.0944. The second-order valence-corrected chi connectivity index (χ2v) is 5.06. The lowest BCUT2D eigenvalue weighted by molar-refractivity contribution is 0.0977. The summed E-state index contributed by atoms with van der Waals surface area (Å²) in [5, 5.41) is 2.56. The zero-order valence-corrected chi connectivity index (χ0v) is 12.7. The molecule has 0 atom stereocenters. The highest BCUT2D eigenvalue weighted by Crippen LogP contribution is 2.12. The Kier molecular flexibility index (Phi) is 4.15. The molecule has 0 bridgehead atoms. The minimum Gasteiger partial charge on any atom is -0.350 e. The van der Waals surface area contributed by atoms with E-state index >= 15 is 0 Å². The van der Waals surface area contributed by atoms with Gasteiger partial charge in [0.1, 0.15) is 11.4 Å². The van der Waals surface area contributed by atoms with Crippen molar-refractivity contribution in [3.8, 4) is 0 Å². The van der Waals surface area contributed by atoms with Gasteiger partial charge in [-0.3, -0.25) is 9.59 Å². The van der Waals surface area contributed by atoms with Crippen molar-refractivity contribution in [2.45, 2.75) is 0 Å². The second kappa shape index (κ2) is 6.41. The molecule has 0 fully saturated rings. The third kappa shape index (κ3) is 3.05. The number of fused-ring (bicyclic) bond motifs is 1. The SMILES string of the molecule is Cn1cc(C(=O)N/C=N\c2ccccn2)c(=O)c2cc(F)ccc21. The molecule has 3 aromatic rings. The van der Waals surface area contributed by atoms with E-state index < -0.39 is 17.2 Å². The summed E-state index contributed by atoms with van der Waals surface area (Å²) < 4.78 is 15.0. The number of benzene rings is 1. The number of halogens is 1. The third-order valence-corrected chi connectivity index (χ3v) is 3.44. The largest absolute Gasteiger partial charge is 0.350 e. The highest BCUT2D eigenvalue weighted by Gasteiger charge is 2.14. The quantitative estimate of drug-likeness (QED) is 0.592. The predicted molar refractivity (Wildman–Crippen MR) is 89.0 cm³/mol. The standard InChI is InChI=1S/C17H13FN4O2/c1-22-9-13(16(23)12-8-11(18)5-6-14(12)22)17(24)21-10-20-15-4-2-3-7-19-15/h2-10H,1H3,(H,19,20,21,24). The molecule has 1 N–H and O–H groups in total. The number of carbonyl (C=O) groups excluding carboxylic acids is 1. The fourth-order valence-corrected chi connectivity index (χ4v) is 2.29. The van der Waals surface area contributed by atoms with Crippen LogP contribution in [0.4, 0.5) is 10.2 Å². The number of nitrogens with zero attached hydrogens (tertiary/aromatic N) is 3. The van der Waals surface area contributed by atoms with Crippen LogP contribution in [0.15, 0.2) is 58.6 Å². The van der Waals surface area contributed by atoms with Crippen LogP contribution < -0.4 is 10.7 Å². The van der Waals surface area contributed by atoms with Crippen LogP contribution in [0.5, 0.6) is 0 Å². The summed E-state index contributed by atoms with van der Waals surface area (Å²) in [4.78, 5) is 32.6. The lowest BCUT2D eigenvalue weighted by Gasteiger charge is -2.08. The Labute approximate surface area is 136 Å². The summed E-state index contributed by atoms with van der Waals surface area (Å²) in [6.45, 7) is 0. The Morgan fingerprint density at radius 1 is 1.33 bits per heavy atom. The number of carbonyl (C=O) groups is 1. The van der Waals surface area contributed by atoms with E-state index in [2.05, 4.69) is 15.3 Å². The van der Waals surface area contributed by atoms with Gasteiger partial charge >= 0.3 is 0 Å². The molecule has 0 radical (unpaired) electrons. The lowest BCUT2D eigenvalue weighted by atomic mass is 10.1. The molecule has 0 aliphatic rings.